The fraction of sp³-hybridized carbons (Fsp3) is 0.308. The van der Waals surface area contributed by atoms with Crippen molar-refractivity contribution in [3.05, 3.63) is 47.5 Å². The predicted octanol–water partition coefficient (Wildman–Crippen LogP) is 1.31. The SMILES string of the molecule is CCc1cnn(C)c1CNC(=O)c1ccccn1. The number of hydrogen-bond acceptors (Lipinski definition) is 3. The average molecular weight is 244 g/mol. The number of pyridine rings is 1. The second-order valence-corrected chi connectivity index (χ2v) is 3.99. The zero-order valence-electron chi connectivity index (χ0n) is 10.6. The van der Waals surface area contributed by atoms with Gasteiger partial charge in [0.1, 0.15) is 5.69 Å². The van der Waals surface area contributed by atoms with E-state index < -0.39 is 0 Å². The summed E-state index contributed by atoms with van der Waals surface area (Å²) < 4.78 is 1.79. The Morgan fingerprint density at radius 2 is 2.28 bits per heavy atom. The van der Waals surface area contributed by atoms with Gasteiger partial charge < -0.3 is 5.32 Å². The van der Waals surface area contributed by atoms with Crippen molar-refractivity contribution in [3.8, 4) is 0 Å². The van der Waals surface area contributed by atoms with Gasteiger partial charge in [0.25, 0.3) is 5.91 Å². The Hall–Kier alpha value is -2.17. The number of hydrogen-bond donors (Lipinski definition) is 1. The Morgan fingerprint density at radius 1 is 1.44 bits per heavy atom. The first-order chi connectivity index (χ1) is 8.72. The molecule has 0 aliphatic heterocycles. The minimum atomic E-state index is -0.168. The molecule has 5 heteroatoms. The molecule has 0 spiro atoms. The fourth-order valence-electron chi connectivity index (χ4n) is 1.78. The second-order valence-electron chi connectivity index (χ2n) is 3.99. The van der Waals surface area contributed by atoms with Gasteiger partial charge in [-0.3, -0.25) is 14.5 Å². The van der Waals surface area contributed by atoms with E-state index in [1.807, 2.05) is 13.2 Å². The van der Waals surface area contributed by atoms with E-state index in [1.165, 1.54) is 0 Å². The van der Waals surface area contributed by atoms with E-state index >= 15 is 0 Å². The lowest BCUT2D eigenvalue weighted by molar-refractivity contribution is 0.0945. The van der Waals surface area contributed by atoms with Crippen molar-refractivity contribution in [1.29, 1.82) is 0 Å². The number of aryl methyl sites for hydroxylation is 2. The monoisotopic (exact) mass is 244 g/mol. The van der Waals surface area contributed by atoms with Crippen LogP contribution in [0.5, 0.6) is 0 Å². The summed E-state index contributed by atoms with van der Waals surface area (Å²) >= 11 is 0. The number of nitrogens with one attached hydrogen (secondary N) is 1. The largest absolute Gasteiger partial charge is 0.345 e. The number of aromatic nitrogens is 3. The smallest absolute Gasteiger partial charge is 0.270 e. The maximum atomic E-state index is 11.8. The van der Waals surface area contributed by atoms with Crippen molar-refractivity contribution in [2.24, 2.45) is 7.05 Å². The van der Waals surface area contributed by atoms with Crippen molar-refractivity contribution < 1.29 is 4.79 Å². The molecule has 2 aromatic heterocycles. The molecule has 0 aromatic carbocycles. The summed E-state index contributed by atoms with van der Waals surface area (Å²) in [6.45, 7) is 2.54. The summed E-state index contributed by atoms with van der Waals surface area (Å²) in [4.78, 5) is 15.9. The molecule has 0 saturated heterocycles. The molecular formula is C13H16N4O. The molecule has 18 heavy (non-hydrogen) atoms. The van der Waals surface area contributed by atoms with Gasteiger partial charge in [0, 0.05) is 13.2 Å². The van der Waals surface area contributed by atoms with Crippen LogP contribution in [0.1, 0.15) is 28.7 Å². The van der Waals surface area contributed by atoms with Gasteiger partial charge in [-0.15, -0.1) is 0 Å². The number of amides is 1. The van der Waals surface area contributed by atoms with E-state index in [4.69, 9.17) is 0 Å². The predicted molar refractivity (Wildman–Crippen MR) is 68.0 cm³/mol. The van der Waals surface area contributed by atoms with Crippen LogP contribution >= 0.6 is 0 Å². The van der Waals surface area contributed by atoms with Crippen molar-refractivity contribution in [1.82, 2.24) is 20.1 Å². The molecular weight excluding hydrogens is 228 g/mol. The van der Waals surface area contributed by atoms with Crippen LogP contribution < -0.4 is 5.32 Å². The van der Waals surface area contributed by atoms with Gasteiger partial charge >= 0.3 is 0 Å². The summed E-state index contributed by atoms with van der Waals surface area (Å²) in [7, 11) is 1.88. The number of nitrogens with zero attached hydrogens (tertiary/aromatic N) is 3. The van der Waals surface area contributed by atoms with Crippen LogP contribution in [0.2, 0.25) is 0 Å². The van der Waals surface area contributed by atoms with Crippen molar-refractivity contribution >= 4 is 5.91 Å². The van der Waals surface area contributed by atoms with Crippen molar-refractivity contribution in [2.45, 2.75) is 19.9 Å². The summed E-state index contributed by atoms with van der Waals surface area (Å²) in [6, 6.07) is 5.27. The molecule has 0 radical (unpaired) electrons. The Morgan fingerprint density at radius 3 is 2.94 bits per heavy atom. The van der Waals surface area contributed by atoms with Crippen LogP contribution in [-0.4, -0.2) is 20.7 Å². The van der Waals surface area contributed by atoms with Crippen molar-refractivity contribution in [2.75, 3.05) is 0 Å². The van der Waals surface area contributed by atoms with Crippen LogP contribution in [0.15, 0.2) is 30.6 Å². The van der Waals surface area contributed by atoms with Crippen LogP contribution in [0.3, 0.4) is 0 Å². The lowest BCUT2D eigenvalue weighted by atomic mass is 10.2. The highest BCUT2D eigenvalue weighted by molar-refractivity contribution is 5.92. The van der Waals surface area contributed by atoms with Gasteiger partial charge in [0.05, 0.1) is 18.4 Å². The molecule has 2 heterocycles. The summed E-state index contributed by atoms with van der Waals surface area (Å²) in [5, 5.41) is 7.04. The minimum Gasteiger partial charge on any atom is -0.345 e. The average Bonchev–Trinajstić information content (AvgIpc) is 2.77. The number of carbonyl (C=O) groups excluding carboxylic acids is 1. The molecule has 0 bridgehead atoms. The van der Waals surface area contributed by atoms with E-state index in [0.29, 0.717) is 12.2 Å². The molecule has 5 nitrogen and oxygen atoms in total. The van der Waals surface area contributed by atoms with Gasteiger partial charge in [-0.1, -0.05) is 13.0 Å². The fourth-order valence-corrected chi connectivity index (χ4v) is 1.78. The molecule has 2 rings (SSSR count). The van der Waals surface area contributed by atoms with Crippen LogP contribution in [-0.2, 0) is 20.0 Å². The molecule has 0 saturated carbocycles. The molecule has 0 atom stereocenters. The van der Waals surface area contributed by atoms with Gasteiger partial charge in [0.2, 0.25) is 0 Å². The molecule has 94 valence electrons. The molecule has 1 N–H and O–H groups in total. The molecule has 0 aliphatic carbocycles. The maximum Gasteiger partial charge on any atom is 0.270 e. The lowest BCUT2D eigenvalue weighted by Crippen LogP contribution is -2.25. The third kappa shape index (κ3) is 2.56. The third-order valence-electron chi connectivity index (χ3n) is 2.84. The van der Waals surface area contributed by atoms with E-state index in [9.17, 15) is 4.79 Å². The van der Waals surface area contributed by atoms with E-state index in [-0.39, 0.29) is 5.91 Å². The molecule has 2 aromatic rings. The topological polar surface area (TPSA) is 59.8 Å². The maximum absolute atomic E-state index is 11.8. The van der Waals surface area contributed by atoms with Gasteiger partial charge in [-0.2, -0.15) is 5.10 Å². The third-order valence-corrected chi connectivity index (χ3v) is 2.84. The van der Waals surface area contributed by atoms with Gasteiger partial charge in [0.15, 0.2) is 0 Å². The normalized spacial score (nSPS) is 10.3. The summed E-state index contributed by atoms with van der Waals surface area (Å²) in [6.07, 6.45) is 4.35. The first kappa shape index (κ1) is 12.3. The van der Waals surface area contributed by atoms with Gasteiger partial charge in [-0.25, -0.2) is 0 Å². The van der Waals surface area contributed by atoms with E-state index in [0.717, 1.165) is 17.7 Å². The van der Waals surface area contributed by atoms with Crippen LogP contribution in [0.4, 0.5) is 0 Å². The Bertz CT molecular complexity index is 533. The number of carbonyl (C=O) groups is 1. The Kier molecular flexibility index (Phi) is 3.72. The summed E-state index contributed by atoms with van der Waals surface area (Å²) in [5.41, 5.74) is 2.61. The molecule has 0 fully saturated rings. The zero-order valence-corrected chi connectivity index (χ0v) is 10.6. The highest BCUT2D eigenvalue weighted by atomic mass is 16.1. The standard InChI is InChI=1S/C13H16N4O/c1-3-10-8-16-17(2)12(10)9-15-13(18)11-6-4-5-7-14-11/h4-8H,3,9H2,1-2H3,(H,15,18). The first-order valence-electron chi connectivity index (χ1n) is 5.91. The second kappa shape index (κ2) is 5.44. The summed E-state index contributed by atoms with van der Waals surface area (Å²) in [5.74, 6) is -0.168. The lowest BCUT2D eigenvalue weighted by Gasteiger charge is -2.07. The van der Waals surface area contributed by atoms with Crippen LogP contribution in [0.25, 0.3) is 0 Å². The van der Waals surface area contributed by atoms with E-state index in [2.05, 4.69) is 22.3 Å². The highest BCUT2D eigenvalue weighted by Gasteiger charge is 2.10. The van der Waals surface area contributed by atoms with Crippen LogP contribution in [0, 0.1) is 0 Å². The molecule has 0 aliphatic rings. The Labute approximate surface area is 106 Å². The first-order valence-corrected chi connectivity index (χ1v) is 5.91. The van der Waals surface area contributed by atoms with E-state index in [1.54, 1.807) is 29.1 Å². The molecule has 0 unspecified atom stereocenters. The quantitative estimate of drug-likeness (QED) is 0.882. The Balaban J connectivity index is 2.04. The highest BCUT2D eigenvalue weighted by Crippen LogP contribution is 2.08. The molecule has 1 amide bonds. The zero-order chi connectivity index (χ0) is 13.0. The van der Waals surface area contributed by atoms with Gasteiger partial charge in [-0.05, 0) is 24.1 Å². The number of rotatable bonds is 4. The minimum absolute atomic E-state index is 0.168. The van der Waals surface area contributed by atoms with Crippen molar-refractivity contribution in [3.63, 3.8) is 0 Å².